The molecule has 124 valence electrons. The summed E-state index contributed by atoms with van der Waals surface area (Å²) >= 11 is 0. The summed E-state index contributed by atoms with van der Waals surface area (Å²) < 4.78 is 1.97. The Balaban J connectivity index is 1.74. The summed E-state index contributed by atoms with van der Waals surface area (Å²) in [5.41, 5.74) is 2.95. The Hall–Kier alpha value is -1.95. The maximum Gasteiger partial charge on any atom is 0.223 e. The van der Waals surface area contributed by atoms with Crippen molar-refractivity contribution in [1.29, 1.82) is 0 Å². The second kappa shape index (κ2) is 7.08. The molecule has 1 aliphatic carbocycles. The van der Waals surface area contributed by atoms with E-state index in [1.807, 2.05) is 17.7 Å². The van der Waals surface area contributed by atoms with Gasteiger partial charge in [0.2, 0.25) is 5.95 Å². The van der Waals surface area contributed by atoms with Crippen molar-refractivity contribution in [2.24, 2.45) is 0 Å². The summed E-state index contributed by atoms with van der Waals surface area (Å²) in [5.74, 6) is 0.659. The summed E-state index contributed by atoms with van der Waals surface area (Å²) in [4.78, 5) is 8.99. The molecule has 6 heteroatoms. The van der Waals surface area contributed by atoms with Gasteiger partial charge in [0.25, 0.3) is 0 Å². The summed E-state index contributed by atoms with van der Waals surface area (Å²) in [6.07, 6.45) is 8.38. The molecule has 2 N–H and O–H groups in total. The molecular formula is C17H25N5O. The van der Waals surface area contributed by atoms with E-state index in [0.717, 1.165) is 55.6 Å². The number of hydrogen-bond donors (Lipinski definition) is 2. The zero-order chi connectivity index (χ0) is 16.2. The number of aliphatic hydroxyl groups excluding tert-OH is 1. The lowest BCUT2D eigenvalue weighted by Crippen LogP contribution is -2.28. The van der Waals surface area contributed by atoms with E-state index >= 15 is 0 Å². The van der Waals surface area contributed by atoms with Gasteiger partial charge in [-0.3, -0.25) is 4.68 Å². The quantitative estimate of drug-likeness (QED) is 0.887. The highest BCUT2D eigenvalue weighted by atomic mass is 16.3. The Bertz CT molecular complexity index is 646. The van der Waals surface area contributed by atoms with Crippen LogP contribution in [0, 0.1) is 6.92 Å². The zero-order valence-electron chi connectivity index (χ0n) is 13.9. The molecule has 3 rings (SSSR count). The molecule has 2 aromatic rings. The van der Waals surface area contributed by atoms with Gasteiger partial charge in [-0.15, -0.1) is 0 Å². The molecule has 2 aromatic heterocycles. The van der Waals surface area contributed by atoms with Crippen molar-refractivity contribution in [3.05, 3.63) is 24.2 Å². The van der Waals surface area contributed by atoms with Crippen LogP contribution in [0.3, 0.4) is 0 Å². The largest absolute Gasteiger partial charge is 0.393 e. The smallest absolute Gasteiger partial charge is 0.223 e. The lowest BCUT2D eigenvalue weighted by atomic mass is 9.93. The first-order valence-electron chi connectivity index (χ1n) is 8.47. The van der Waals surface area contributed by atoms with Gasteiger partial charge in [-0.05, 0) is 45.1 Å². The summed E-state index contributed by atoms with van der Waals surface area (Å²) in [7, 11) is 0. The Morgan fingerprint density at radius 1 is 1.30 bits per heavy atom. The van der Waals surface area contributed by atoms with Crippen LogP contribution in [0.4, 0.5) is 5.95 Å². The number of anilines is 1. The van der Waals surface area contributed by atoms with Gasteiger partial charge >= 0.3 is 0 Å². The van der Waals surface area contributed by atoms with Gasteiger partial charge in [-0.1, -0.05) is 6.92 Å². The van der Waals surface area contributed by atoms with Gasteiger partial charge in [0.1, 0.15) is 0 Å². The number of rotatable bonds is 5. The summed E-state index contributed by atoms with van der Waals surface area (Å²) in [5, 5.41) is 17.5. The number of nitrogens with zero attached hydrogens (tertiary/aromatic N) is 4. The molecule has 0 unspecified atom stereocenters. The molecule has 1 saturated carbocycles. The molecule has 1 aliphatic rings. The average molecular weight is 315 g/mol. The standard InChI is InChI=1S/C17H25N5O/c1-3-10-22-11-15(12(2)21-22)16-8-9-18-17(20-16)19-13-4-6-14(23)7-5-13/h8-9,11,13-14,23H,3-7,10H2,1-2H3,(H,18,19,20). The Morgan fingerprint density at radius 3 is 2.83 bits per heavy atom. The minimum absolute atomic E-state index is 0.146. The normalized spacial score (nSPS) is 21.3. The molecule has 0 amide bonds. The third kappa shape index (κ3) is 3.88. The number of aryl methyl sites for hydroxylation is 2. The minimum atomic E-state index is -0.146. The van der Waals surface area contributed by atoms with Crippen LogP contribution in [0.2, 0.25) is 0 Å². The first kappa shape index (κ1) is 15.9. The maximum atomic E-state index is 9.59. The molecule has 0 spiro atoms. The molecule has 1 fully saturated rings. The van der Waals surface area contributed by atoms with E-state index in [1.54, 1.807) is 6.20 Å². The minimum Gasteiger partial charge on any atom is -0.393 e. The van der Waals surface area contributed by atoms with E-state index in [9.17, 15) is 5.11 Å². The van der Waals surface area contributed by atoms with Crippen molar-refractivity contribution in [3.8, 4) is 11.3 Å². The highest BCUT2D eigenvalue weighted by Gasteiger charge is 2.20. The van der Waals surface area contributed by atoms with Crippen molar-refractivity contribution >= 4 is 5.95 Å². The van der Waals surface area contributed by atoms with E-state index in [0.29, 0.717) is 12.0 Å². The number of hydrogen-bond acceptors (Lipinski definition) is 5. The Morgan fingerprint density at radius 2 is 2.09 bits per heavy atom. The topological polar surface area (TPSA) is 75.9 Å². The van der Waals surface area contributed by atoms with E-state index in [-0.39, 0.29) is 6.10 Å². The lowest BCUT2D eigenvalue weighted by molar-refractivity contribution is 0.126. The molecule has 2 heterocycles. The van der Waals surface area contributed by atoms with Crippen molar-refractivity contribution < 1.29 is 5.11 Å². The summed E-state index contributed by atoms with van der Waals surface area (Å²) in [6, 6.07) is 2.27. The molecule has 0 aromatic carbocycles. The molecule has 0 atom stereocenters. The van der Waals surface area contributed by atoms with Gasteiger partial charge in [-0.2, -0.15) is 5.10 Å². The molecule has 0 saturated heterocycles. The van der Waals surface area contributed by atoms with Crippen molar-refractivity contribution in [2.75, 3.05) is 5.32 Å². The van der Waals surface area contributed by atoms with E-state index in [1.165, 1.54) is 0 Å². The summed E-state index contributed by atoms with van der Waals surface area (Å²) in [6.45, 7) is 5.07. The third-order valence-corrected chi connectivity index (χ3v) is 4.36. The Labute approximate surface area is 137 Å². The predicted octanol–water partition coefficient (Wildman–Crippen LogP) is 2.77. The van der Waals surface area contributed by atoms with E-state index in [2.05, 4.69) is 33.5 Å². The molecule has 0 radical (unpaired) electrons. The Kier molecular flexibility index (Phi) is 4.91. The van der Waals surface area contributed by atoms with Crippen molar-refractivity contribution in [1.82, 2.24) is 19.7 Å². The van der Waals surface area contributed by atoms with Crippen LogP contribution < -0.4 is 5.32 Å². The van der Waals surface area contributed by atoms with Crippen LogP contribution in [0.5, 0.6) is 0 Å². The second-order valence-corrected chi connectivity index (χ2v) is 6.31. The fourth-order valence-electron chi connectivity index (χ4n) is 3.09. The van der Waals surface area contributed by atoms with Gasteiger partial charge < -0.3 is 10.4 Å². The van der Waals surface area contributed by atoms with Gasteiger partial charge in [0, 0.05) is 30.5 Å². The molecular weight excluding hydrogens is 290 g/mol. The fraction of sp³-hybridized carbons (Fsp3) is 0.588. The van der Waals surface area contributed by atoms with E-state index < -0.39 is 0 Å². The number of aromatic nitrogens is 4. The number of nitrogens with one attached hydrogen (secondary N) is 1. The van der Waals surface area contributed by atoms with Crippen LogP contribution in [0.25, 0.3) is 11.3 Å². The lowest BCUT2D eigenvalue weighted by Gasteiger charge is -2.26. The highest BCUT2D eigenvalue weighted by Crippen LogP contribution is 2.24. The molecule has 23 heavy (non-hydrogen) atoms. The highest BCUT2D eigenvalue weighted by molar-refractivity contribution is 5.61. The second-order valence-electron chi connectivity index (χ2n) is 6.31. The van der Waals surface area contributed by atoms with Gasteiger partial charge in [0.15, 0.2) is 0 Å². The molecule has 6 nitrogen and oxygen atoms in total. The predicted molar refractivity (Wildman–Crippen MR) is 90.2 cm³/mol. The first-order chi connectivity index (χ1) is 11.2. The third-order valence-electron chi connectivity index (χ3n) is 4.36. The van der Waals surface area contributed by atoms with Crippen molar-refractivity contribution in [2.45, 2.75) is 64.6 Å². The van der Waals surface area contributed by atoms with E-state index in [4.69, 9.17) is 0 Å². The monoisotopic (exact) mass is 315 g/mol. The van der Waals surface area contributed by atoms with Crippen LogP contribution in [0.1, 0.15) is 44.7 Å². The molecule has 0 aliphatic heterocycles. The van der Waals surface area contributed by atoms with Gasteiger partial charge in [-0.25, -0.2) is 9.97 Å². The fourth-order valence-corrected chi connectivity index (χ4v) is 3.09. The van der Waals surface area contributed by atoms with Crippen LogP contribution in [0.15, 0.2) is 18.5 Å². The van der Waals surface area contributed by atoms with Crippen LogP contribution in [-0.2, 0) is 6.54 Å². The zero-order valence-corrected chi connectivity index (χ0v) is 13.9. The first-order valence-corrected chi connectivity index (χ1v) is 8.47. The maximum absolute atomic E-state index is 9.59. The average Bonchev–Trinajstić information content (AvgIpc) is 2.91. The SMILES string of the molecule is CCCn1cc(-c2ccnc(NC3CCC(O)CC3)n2)c(C)n1. The van der Waals surface area contributed by atoms with Crippen LogP contribution >= 0.6 is 0 Å². The van der Waals surface area contributed by atoms with Crippen LogP contribution in [-0.4, -0.2) is 37.0 Å². The van der Waals surface area contributed by atoms with Crippen molar-refractivity contribution in [3.63, 3.8) is 0 Å². The van der Waals surface area contributed by atoms with Gasteiger partial charge in [0.05, 0.1) is 17.5 Å². The number of aliphatic hydroxyl groups is 1. The molecule has 0 bridgehead atoms.